The van der Waals surface area contributed by atoms with Crippen molar-refractivity contribution in [2.24, 2.45) is 0 Å². The maximum absolute atomic E-state index is 12.3. The van der Waals surface area contributed by atoms with E-state index in [0.29, 0.717) is 17.9 Å². The highest BCUT2D eigenvalue weighted by Crippen LogP contribution is 2.21. The molecular weight excluding hydrogens is 300 g/mol. The summed E-state index contributed by atoms with van der Waals surface area (Å²) >= 11 is 1.50. The molecule has 0 aliphatic heterocycles. The van der Waals surface area contributed by atoms with Gasteiger partial charge in [0.1, 0.15) is 12.1 Å². The minimum Gasteiger partial charge on any atom is -0.467 e. The maximum Gasteiger partial charge on any atom is 0.251 e. The molecule has 2 N–H and O–H groups in total. The molecule has 1 aromatic carbocycles. The summed E-state index contributed by atoms with van der Waals surface area (Å²) in [4.78, 5) is 16.4. The van der Waals surface area contributed by atoms with Gasteiger partial charge in [-0.15, -0.1) is 0 Å². The molecule has 0 aliphatic carbocycles. The highest BCUT2D eigenvalue weighted by Gasteiger charge is 2.11. The Bertz CT molecular complexity index is 726. The zero-order valence-electron chi connectivity index (χ0n) is 11.7. The first-order valence-electron chi connectivity index (χ1n) is 6.69. The van der Waals surface area contributed by atoms with E-state index < -0.39 is 0 Å². The summed E-state index contributed by atoms with van der Waals surface area (Å²) in [5.74, 6) is 1.24. The highest BCUT2D eigenvalue weighted by molar-refractivity contribution is 7.98. The summed E-state index contributed by atoms with van der Waals surface area (Å²) in [6.45, 7) is 0.370. The SMILES string of the molecule is O=C(NCc1ccco1)c1ccccc1CSc1ncn[nH]1. The fourth-order valence-corrected chi connectivity index (χ4v) is 2.74. The van der Waals surface area contributed by atoms with Crippen molar-refractivity contribution >= 4 is 17.7 Å². The first-order valence-corrected chi connectivity index (χ1v) is 7.68. The van der Waals surface area contributed by atoms with Gasteiger partial charge >= 0.3 is 0 Å². The summed E-state index contributed by atoms with van der Waals surface area (Å²) in [6, 6.07) is 11.1. The van der Waals surface area contributed by atoms with E-state index in [0.717, 1.165) is 16.5 Å². The van der Waals surface area contributed by atoms with Crippen LogP contribution in [0.5, 0.6) is 0 Å². The van der Waals surface area contributed by atoms with Gasteiger partial charge in [0.15, 0.2) is 5.16 Å². The molecule has 6 nitrogen and oxygen atoms in total. The summed E-state index contributed by atoms with van der Waals surface area (Å²) in [6.07, 6.45) is 3.05. The lowest BCUT2D eigenvalue weighted by atomic mass is 10.1. The zero-order valence-corrected chi connectivity index (χ0v) is 12.5. The van der Waals surface area contributed by atoms with Crippen LogP contribution in [-0.2, 0) is 12.3 Å². The molecule has 0 radical (unpaired) electrons. The largest absolute Gasteiger partial charge is 0.467 e. The predicted molar refractivity (Wildman–Crippen MR) is 82.3 cm³/mol. The van der Waals surface area contributed by atoms with Gasteiger partial charge in [0.2, 0.25) is 0 Å². The second-order valence-electron chi connectivity index (χ2n) is 4.50. The lowest BCUT2D eigenvalue weighted by Crippen LogP contribution is -2.23. The number of aromatic nitrogens is 3. The smallest absolute Gasteiger partial charge is 0.251 e. The number of thioether (sulfide) groups is 1. The average molecular weight is 314 g/mol. The van der Waals surface area contributed by atoms with E-state index in [2.05, 4.69) is 20.5 Å². The number of aromatic amines is 1. The van der Waals surface area contributed by atoms with Gasteiger partial charge in [-0.25, -0.2) is 4.98 Å². The van der Waals surface area contributed by atoms with Crippen LogP contribution in [0.25, 0.3) is 0 Å². The first kappa shape index (κ1) is 14.4. The number of benzene rings is 1. The molecule has 0 bridgehead atoms. The Morgan fingerprint density at radius 1 is 1.27 bits per heavy atom. The molecule has 0 aliphatic rings. The third kappa shape index (κ3) is 3.56. The summed E-state index contributed by atoms with van der Waals surface area (Å²) in [7, 11) is 0. The standard InChI is InChI=1S/C15H14N4O2S/c20-14(16-8-12-5-3-7-21-12)13-6-2-1-4-11(13)9-22-15-17-10-18-19-15/h1-7,10H,8-9H2,(H,16,20)(H,17,18,19). The number of hydrogen-bond acceptors (Lipinski definition) is 5. The Hall–Kier alpha value is -2.54. The van der Waals surface area contributed by atoms with E-state index in [1.165, 1.54) is 18.1 Å². The van der Waals surface area contributed by atoms with Gasteiger partial charge in [-0.3, -0.25) is 9.89 Å². The molecule has 3 aromatic rings. The Kier molecular flexibility index (Phi) is 4.55. The monoisotopic (exact) mass is 314 g/mol. The van der Waals surface area contributed by atoms with Crippen molar-refractivity contribution in [3.63, 3.8) is 0 Å². The second-order valence-corrected chi connectivity index (χ2v) is 5.46. The van der Waals surface area contributed by atoms with Crippen LogP contribution in [0.2, 0.25) is 0 Å². The number of hydrogen-bond donors (Lipinski definition) is 2. The van der Waals surface area contributed by atoms with Crippen molar-refractivity contribution in [1.29, 1.82) is 0 Å². The van der Waals surface area contributed by atoms with Crippen molar-refractivity contribution in [3.05, 3.63) is 65.9 Å². The van der Waals surface area contributed by atoms with Crippen molar-refractivity contribution < 1.29 is 9.21 Å². The van der Waals surface area contributed by atoms with E-state index in [1.54, 1.807) is 12.3 Å². The quantitative estimate of drug-likeness (QED) is 0.683. The van der Waals surface area contributed by atoms with Crippen molar-refractivity contribution in [2.45, 2.75) is 17.5 Å². The lowest BCUT2D eigenvalue weighted by Gasteiger charge is -2.08. The normalized spacial score (nSPS) is 10.5. The molecule has 112 valence electrons. The number of amides is 1. The average Bonchev–Trinajstić information content (AvgIpc) is 3.24. The third-order valence-corrected chi connectivity index (χ3v) is 3.95. The Morgan fingerprint density at radius 2 is 2.18 bits per heavy atom. The molecule has 3 rings (SSSR count). The fourth-order valence-electron chi connectivity index (χ4n) is 1.95. The number of rotatable bonds is 6. The summed E-state index contributed by atoms with van der Waals surface area (Å²) < 4.78 is 5.21. The molecule has 0 spiro atoms. The van der Waals surface area contributed by atoms with Crippen LogP contribution in [-0.4, -0.2) is 21.1 Å². The molecule has 0 saturated heterocycles. The van der Waals surface area contributed by atoms with Gasteiger partial charge in [-0.2, -0.15) is 5.10 Å². The van der Waals surface area contributed by atoms with Crippen LogP contribution in [0.4, 0.5) is 0 Å². The van der Waals surface area contributed by atoms with Gasteiger partial charge in [-0.05, 0) is 23.8 Å². The second kappa shape index (κ2) is 6.95. The van der Waals surface area contributed by atoms with Gasteiger partial charge in [0, 0.05) is 11.3 Å². The van der Waals surface area contributed by atoms with Crippen molar-refractivity contribution in [1.82, 2.24) is 20.5 Å². The molecular formula is C15H14N4O2S. The van der Waals surface area contributed by atoms with Crippen LogP contribution in [0.15, 0.2) is 58.6 Å². The molecule has 7 heteroatoms. The van der Waals surface area contributed by atoms with Gasteiger partial charge in [0.05, 0.1) is 12.8 Å². The molecule has 0 atom stereocenters. The fraction of sp³-hybridized carbons (Fsp3) is 0.133. The van der Waals surface area contributed by atoms with E-state index in [-0.39, 0.29) is 5.91 Å². The first-order chi connectivity index (χ1) is 10.8. The van der Waals surface area contributed by atoms with Crippen molar-refractivity contribution in [2.75, 3.05) is 0 Å². The third-order valence-electron chi connectivity index (χ3n) is 3.02. The van der Waals surface area contributed by atoms with E-state index in [9.17, 15) is 4.79 Å². The van der Waals surface area contributed by atoms with Crippen LogP contribution in [0.1, 0.15) is 21.7 Å². The number of carbonyl (C=O) groups excluding carboxylic acids is 1. The van der Waals surface area contributed by atoms with Crippen LogP contribution in [0.3, 0.4) is 0 Å². The maximum atomic E-state index is 12.3. The van der Waals surface area contributed by atoms with Gasteiger partial charge in [0.25, 0.3) is 5.91 Å². The zero-order chi connectivity index (χ0) is 15.2. The highest BCUT2D eigenvalue weighted by atomic mass is 32.2. The molecule has 0 saturated carbocycles. The molecule has 2 heterocycles. The minimum atomic E-state index is -0.120. The van der Waals surface area contributed by atoms with Gasteiger partial charge in [-0.1, -0.05) is 30.0 Å². The summed E-state index contributed by atoms with van der Waals surface area (Å²) in [5, 5.41) is 10.2. The molecule has 22 heavy (non-hydrogen) atoms. The van der Waals surface area contributed by atoms with Crippen LogP contribution >= 0.6 is 11.8 Å². The molecule has 0 unspecified atom stereocenters. The Morgan fingerprint density at radius 3 is 2.95 bits per heavy atom. The lowest BCUT2D eigenvalue weighted by molar-refractivity contribution is 0.0947. The predicted octanol–water partition coefficient (Wildman–Crippen LogP) is 2.62. The minimum absolute atomic E-state index is 0.120. The van der Waals surface area contributed by atoms with Crippen LogP contribution < -0.4 is 5.32 Å². The van der Waals surface area contributed by atoms with Crippen LogP contribution in [0, 0.1) is 0 Å². The van der Waals surface area contributed by atoms with E-state index in [4.69, 9.17) is 4.42 Å². The molecule has 0 fully saturated rings. The topological polar surface area (TPSA) is 83.8 Å². The number of nitrogens with one attached hydrogen (secondary N) is 2. The number of carbonyl (C=O) groups is 1. The van der Waals surface area contributed by atoms with Crippen molar-refractivity contribution in [3.8, 4) is 0 Å². The Labute approximate surface area is 131 Å². The number of H-pyrrole nitrogens is 1. The van der Waals surface area contributed by atoms with Gasteiger partial charge < -0.3 is 9.73 Å². The molecule has 2 aromatic heterocycles. The number of nitrogens with zero attached hydrogens (tertiary/aromatic N) is 2. The Balaban J connectivity index is 1.65. The van der Waals surface area contributed by atoms with E-state index in [1.807, 2.05) is 30.3 Å². The van der Waals surface area contributed by atoms with E-state index >= 15 is 0 Å². The number of furan rings is 1. The summed E-state index contributed by atoms with van der Waals surface area (Å²) in [5.41, 5.74) is 1.60. The molecule has 1 amide bonds.